The average molecular weight is 413 g/mol. The van der Waals surface area contributed by atoms with Crippen LogP contribution in [0.4, 0.5) is 0 Å². The number of carbonyl (C=O) groups excluding carboxylic acids is 1. The van der Waals surface area contributed by atoms with Crippen molar-refractivity contribution in [3.8, 4) is 17.1 Å². The molecule has 0 N–H and O–H groups in total. The van der Waals surface area contributed by atoms with Gasteiger partial charge < -0.3 is 9.47 Å². The molecule has 0 aliphatic heterocycles. The molecule has 0 bridgehead atoms. The zero-order chi connectivity index (χ0) is 21.6. The first-order valence-corrected chi connectivity index (χ1v) is 11.4. The second-order valence-electron chi connectivity index (χ2n) is 7.74. The maximum absolute atomic E-state index is 12.0. The molecule has 30 heavy (non-hydrogen) atoms. The molecule has 1 aromatic carbocycles. The van der Waals surface area contributed by atoms with Gasteiger partial charge in [-0.1, -0.05) is 52.4 Å². The first-order valence-electron chi connectivity index (χ1n) is 11.4. The number of benzene rings is 1. The van der Waals surface area contributed by atoms with E-state index in [4.69, 9.17) is 9.47 Å². The first kappa shape index (κ1) is 24.0. The van der Waals surface area contributed by atoms with Crippen molar-refractivity contribution < 1.29 is 14.3 Å². The molecule has 1 atom stereocenters. The maximum atomic E-state index is 12.0. The van der Waals surface area contributed by atoms with Gasteiger partial charge in [0.05, 0.1) is 0 Å². The molecule has 1 heterocycles. The van der Waals surface area contributed by atoms with E-state index in [-0.39, 0.29) is 5.97 Å². The number of ether oxygens (including phenoxy) is 2. The van der Waals surface area contributed by atoms with Gasteiger partial charge in [-0.25, -0.2) is 14.8 Å². The molecule has 0 spiro atoms. The molecule has 5 heteroatoms. The maximum Gasteiger partial charge on any atom is 0.340 e. The van der Waals surface area contributed by atoms with Crippen LogP contribution in [-0.2, 0) is 16.0 Å². The molecular formula is C25H36N2O3. The van der Waals surface area contributed by atoms with Crippen LogP contribution in [0.3, 0.4) is 0 Å². The quantitative estimate of drug-likeness (QED) is 0.211. The predicted molar refractivity (Wildman–Crippen MR) is 121 cm³/mol. The van der Waals surface area contributed by atoms with Crippen LogP contribution in [-0.4, -0.2) is 28.6 Å². The van der Waals surface area contributed by atoms with E-state index in [9.17, 15) is 4.79 Å². The highest BCUT2D eigenvalue weighted by atomic mass is 16.6. The number of aromatic nitrogens is 2. The normalized spacial score (nSPS) is 12.0. The van der Waals surface area contributed by atoms with E-state index < -0.39 is 6.10 Å². The van der Waals surface area contributed by atoms with E-state index in [1.807, 2.05) is 31.5 Å². The minimum atomic E-state index is -0.572. The molecular weight excluding hydrogens is 376 g/mol. The van der Waals surface area contributed by atoms with E-state index >= 15 is 0 Å². The summed E-state index contributed by atoms with van der Waals surface area (Å²) in [4.78, 5) is 21.0. The molecule has 2 rings (SSSR count). The van der Waals surface area contributed by atoms with Crippen molar-refractivity contribution in [2.45, 2.75) is 84.7 Å². The predicted octanol–water partition coefficient (Wildman–Crippen LogP) is 6.16. The molecule has 0 saturated carbocycles. The Labute approximate surface area is 181 Å². The van der Waals surface area contributed by atoms with Gasteiger partial charge >= 0.3 is 5.97 Å². The molecule has 0 amide bonds. The second kappa shape index (κ2) is 13.9. The highest BCUT2D eigenvalue weighted by Gasteiger charge is 2.15. The Balaban J connectivity index is 1.78. The molecule has 1 aromatic heterocycles. The van der Waals surface area contributed by atoms with E-state index in [1.54, 1.807) is 19.1 Å². The largest absolute Gasteiger partial charge is 0.425 e. The standard InChI is InChI=1S/C25H36N2O3/c1-4-6-7-8-9-10-11-12-21-18-26-24(27-19-21)22-13-15-23(16-14-22)30-25(28)20(3)29-17-5-2/h13-16,18-20H,4-12,17H2,1-3H3. The van der Waals surface area contributed by atoms with Crippen molar-refractivity contribution in [1.82, 2.24) is 9.97 Å². The van der Waals surface area contributed by atoms with Crippen LogP contribution < -0.4 is 4.74 Å². The average Bonchev–Trinajstić information content (AvgIpc) is 2.77. The fraction of sp³-hybridized carbons (Fsp3) is 0.560. The molecule has 2 aromatic rings. The number of carbonyl (C=O) groups is 1. The molecule has 0 radical (unpaired) electrons. The molecule has 5 nitrogen and oxygen atoms in total. The van der Waals surface area contributed by atoms with Gasteiger partial charge in [-0.15, -0.1) is 0 Å². The summed E-state index contributed by atoms with van der Waals surface area (Å²) in [5, 5.41) is 0. The molecule has 164 valence electrons. The Morgan fingerprint density at radius 1 is 0.900 bits per heavy atom. The summed E-state index contributed by atoms with van der Waals surface area (Å²) in [5.41, 5.74) is 2.08. The van der Waals surface area contributed by atoms with Gasteiger partial charge in [0.15, 0.2) is 11.9 Å². The SMILES string of the molecule is CCCCCCCCCc1cnc(-c2ccc(OC(=O)C(C)OCCC)cc2)nc1. The van der Waals surface area contributed by atoms with Crippen molar-refractivity contribution in [2.24, 2.45) is 0 Å². The Morgan fingerprint density at radius 2 is 1.53 bits per heavy atom. The topological polar surface area (TPSA) is 61.3 Å². The third kappa shape index (κ3) is 8.62. The van der Waals surface area contributed by atoms with Gasteiger partial charge in [0.25, 0.3) is 0 Å². The minimum absolute atomic E-state index is 0.387. The summed E-state index contributed by atoms with van der Waals surface area (Å²) in [5.74, 6) is 0.782. The first-order chi connectivity index (χ1) is 14.6. The lowest BCUT2D eigenvalue weighted by Crippen LogP contribution is -2.26. The van der Waals surface area contributed by atoms with Crippen LogP contribution in [0.25, 0.3) is 11.4 Å². The number of esters is 1. The third-order valence-corrected chi connectivity index (χ3v) is 5.01. The van der Waals surface area contributed by atoms with Gasteiger partial charge in [-0.05, 0) is 56.0 Å². The van der Waals surface area contributed by atoms with Crippen molar-refractivity contribution in [3.05, 3.63) is 42.2 Å². The summed E-state index contributed by atoms with van der Waals surface area (Å²) in [7, 11) is 0. The van der Waals surface area contributed by atoms with Crippen molar-refractivity contribution >= 4 is 5.97 Å². The molecule has 1 unspecified atom stereocenters. The van der Waals surface area contributed by atoms with Gasteiger partial charge in [-0.2, -0.15) is 0 Å². The van der Waals surface area contributed by atoms with E-state index in [2.05, 4.69) is 16.9 Å². The third-order valence-electron chi connectivity index (χ3n) is 5.01. The van der Waals surface area contributed by atoms with E-state index in [1.165, 1.54) is 50.5 Å². The smallest absolute Gasteiger partial charge is 0.340 e. The van der Waals surface area contributed by atoms with Crippen LogP contribution in [0, 0.1) is 0 Å². The van der Waals surface area contributed by atoms with Crippen LogP contribution in [0.5, 0.6) is 5.75 Å². The van der Waals surface area contributed by atoms with Gasteiger partial charge in [-0.3, -0.25) is 0 Å². The van der Waals surface area contributed by atoms with Crippen LogP contribution in [0.1, 0.15) is 77.7 Å². The van der Waals surface area contributed by atoms with Crippen molar-refractivity contribution in [1.29, 1.82) is 0 Å². The number of aryl methyl sites for hydroxylation is 1. The Kier molecular flexibility index (Phi) is 11.1. The lowest BCUT2D eigenvalue weighted by Gasteiger charge is -2.12. The van der Waals surface area contributed by atoms with Crippen LogP contribution >= 0.6 is 0 Å². The lowest BCUT2D eigenvalue weighted by molar-refractivity contribution is -0.146. The Hall–Kier alpha value is -2.27. The number of nitrogens with zero attached hydrogens (tertiary/aromatic N) is 2. The minimum Gasteiger partial charge on any atom is -0.425 e. The zero-order valence-corrected chi connectivity index (χ0v) is 18.7. The van der Waals surface area contributed by atoms with E-state index in [0.717, 1.165) is 18.4 Å². The van der Waals surface area contributed by atoms with Gasteiger partial charge in [0.1, 0.15) is 5.75 Å². The number of unbranched alkanes of at least 4 members (excludes halogenated alkanes) is 6. The second-order valence-corrected chi connectivity index (χ2v) is 7.74. The van der Waals surface area contributed by atoms with Crippen molar-refractivity contribution in [3.63, 3.8) is 0 Å². The highest BCUT2D eigenvalue weighted by molar-refractivity contribution is 5.77. The van der Waals surface area contributed by atoms with E-state index in [0.29, 0.717) is 18.2 Å². The zero-order valence-electron chi connectivity index (χ0n) is 18.7. The summed E-state index contributed by atoms with van der Waals surface area (Å²) < 4.78 is 10.8. The molecule has 0 saturated heterocycles. The van der Waals surface area contributed by atoms with Gasteiger partial charge in [0.2, 0.25) is 0 Å². The Morgan fingerprint density at radius 3 is 2.17 bits per heavy atom. The van der Waals surface area contributed by atoms with Crippen molar-refractivity contribution in [2.75, 3.05) is 6.61 Å². The fourth-order valence-electron chi connectivity index (χ4n) is 3.15. The monoisotopic (exact) mass is 412 g/mol. The Bertz CT molecular complexity index is 729. The number of hydrogen-bond donors (Lipinski definition) is 0. The summed E-state index contributed by atoms with van der Waals surface area (Å²) in [6, 6.07) is 7.25. The molecule has 0 fully saturated rings. The summed E-state index contributed by atoms with van der Waals surface area (Å²) in [6.45, 7) is 6.49. The fourth-order valence-corrected chi connectivity index (χ4v) is 3.15. The van der Waals surface area contributed by atoms with Crippen LogP contribution in [0.2, 0.25) is 0 Å². The number of rotatable bonds is 14. The van der Waals surface area contributed by atoms with Gasteiger partial charge in [0, 0.05) is 24.6 Å². The van der Waals surface area contributed by atoms with Crippen LogP contribution in [0.15, 0.2) is 36.7 Å². The lowest BCUT2D eigenvalue weighted by atomic mass is 10.1. The number of hydrogen-bond acceptors (Lipinski definition) is 5. The summed E-state index contributed by atoms with van der Waals surface area (Å²) in [6.07, 6.45) is 14.3. The summed E-state index contributed by atoms with van der Waals surface area (Å²) >= 11 is 0. The molecule has 0 aliphatic carbocycles. The molecule has 0 aliphatic rings. The highest BCUT2D eigenvalue weighted by Crippen LogP contribution is 2.20.